The molecule has 3 N–H and O–H groups in total. The van der Waals surface area contributed by atoms with Crippen molar-refractivity contribution in [2.24, 2.45) is 0 Å². The first-order valence-corrected chi connectivity index (χ1v) is 8.43. The van der Waals surface area contributed by atoms with Crippen molar-refractivity contribution in [2.75, 3.05) is 18.5 Å². The molecule has 1 unspecified atom stereocenters. The number of anilines is 1. The van der Waals surface area contributed by atoms with Gasteiger partial charge >= 0.3 is 6.03 Å². The van der Waals surface area contributed by atoms with E-state index in [1.807, 2.05) is 36.6 Å². The van der Waals surface area contributed by atoms with E-state index in [0.717, 1.165) is 17.0 Å². The Morgan fingerprint density at radius 1 is 1.35 bits per heavy atom. The summed E-state index contributed by atoms with van der Waals surface area (Å²) in [5.41, 5.74) is -0.440. The Morgan fingerprint density at radius 3 is 2.87 bits per heavy atom. The van der Waals surface area contributed by atoms with Crippen LogP contribution in [0.15, 0.2) is 41.8 Å². The number of nitrogens with one attached hydrogen (secondary N) is 2. The molecule has 2 rings (SSSR count). The van der Waals surface area contributed by atoms with Crippen LogP contribution in [0, 0.1) is 0 Å². The molecule has 1 atom stereocenters. The summed E-state index contributed by atoms with van der Waals surface area (Å²) in [5, 5.41) is 17.7. The van der Waals surface area contributed by atoms with Gasteiger partial charge < -0.3 is 20.5 Å². The molecule has 0 fully saturated rings. The lowest BCUT2D eigenvalue weighted by Crippen LogP contribution is -2.40. The van der Waals surface area contributed by atoms with Gasteiger partial charge in [-0.1, -0.05) is 19.1 Å². The zero-order valence-electron chi connectivity index (χ0n) is 13.3. The van der Waals surface area contributed by atoms with Crippen LogP contribution in [0.3, 0.4) is 0 Å². The minimum atomic E-state index is -1.09. The predicted molar refractivity (Wildman–Crippen MR) is 93.1 cm³/mol. The Balaban J connectivity index is 1.87. The fraction of sp³-hybridized carbons (Fsp3) is 0.353. The molecule has 0 bridgehead atoms. The van der Waals surface area contributed by atoms with Gasteiger partial charge in [0.2, 0.25) is 0 Å². The fourth-order valence-electron chi connectivity index (χ4n) is 1.98. The normalized spacial score (nSPS) is 13.2. The average Bonchev–Trinajstić information content (AvgIpc) is 3.07. The Morgan fingerprint density at radius 2 is 2.17 bits per heavy atom. The third kappa shape index (κ3) is 5.26. The molecule has 0 aliphatic heterocycles. The molecular weight excluding hydrogens is 312 g/mol. The quantitative estimate of drug-likeness (QED) is 0.725. The number of benzene rings is 1. The Labute approximate surface area is 140 Å². The van der Waals surface area contributed by atoms with Gasteiger partial charge in [0.15, 0.2) is 0 Å². The van der Waals surface area contributed by atoms with Crippen molar-refractivity contribution in [1.82, 2.24) is 5.32 Å². The summed E-state index contributed by atoms with van der Waals surface area (Å²) in [5.74, 6) is 0.718. The van der Waals surface area contributed by atoms with Gasteiger partial charge in [-0.25, -0.2) is 4.79 Å². The zero-order valence-corrected chi connectivity index (χ0v) is 14.2. The highest BCUT2D eigenvalue weighted by atomic mass is 32.1. The summed E-state index contributed by atoms with van der Waals surface area (Å²) in [7, 11) is 0. The summed E-state index contributed by atoms with van der Waals surface area (Å²) < 4.78 is 5.53. The number of thiophene rings is 1. The van der Waals surface area contributed by atoms with Crippen LogP contribution in [0.2, 0.25) is 0 Å². The number of ether oxygens (including phenoxy) is 1. The third-order valence-electron chi connectivity index (χ3n) is 3.21. The molecule has 0 spiro atoms. The van der Waals surface area contributed by atoms with Gasteiger partial charge in [0, 0.05) is 16.6 Å². The first-order chi connectivity index (χ1) is 11.0. The molecular formula is C17H22N2O3S. The van der Waals surface area contributed by atoms with Crippen molar-refractivity contribution < 1.29 is 14.6 Å². The van der Waals surface area contributed by atoms with Gasteiger partial charge in [0.05, 0.1) is 13.2 Å². The van der Waals surface area contributed by atoms with Crippen molar-refractivity contribution >= 4 is 23.1 Å². The first-order valence-electron chi connectivity index (χ1n) is 7.55. The van der Waals surface area contributed by atoms with E-state index in [9.17, 15) is 9.90 Å². The lowest BCUT2D eigenvalue weighted by Gasteiger charge is -2.22. The molecule has 1 heterocycles. The van der Waals surface area contributed by atoms with Gasteiger partial charge in [-0.15, -0.1) is 11.3 Å². The van der Waals surface area contributed by atoms with Gasteiger partial charge in [-0.2, -0.15) is 0 Å². The number of hydrogen-bond donors (Lipinski definition) is 3. The standard InChI is InChI=1S/C17H22N2O3S/c1-3-9-22-14-7-4-6-13(11-14)19-16(20)18-12-17(2,21)15-8-5-10-23-15/h4-8,10-11,21H,3,9,12H2,1-2H3,(H2,18,19,20). The number of hydrogen-bond acceptors (Lipinski definition) is 4. The van der Waals surface area contributed by atoms with Crippen molar-refractivity contribution in [3.8, 4) is 5.75 Å². The van der Waals surface area contributed by atoms with E-state index in [-0.39, 0.29) is 12.6 Å². The van der Waals surface area contributed by atoms with E-state index in [1.165, 1.54) is 11.3 Å². The minimum absolute atomic E-state index is 0.130. The molecule has 2 amide bonds. The molecule has 23 heavy (non-hydrogen) atoms. The lowest BCUT2D eigenvalue weighted by atomic mass is 10.1. The number of aliphatic hydroxyl groups is 1. The Kier molecular flexibility index (Phi) is 6.01. The highest BCUT2D eigenvalue weighted by Gasteiger charge is 2.24. The largest absolute Gasteiger partial charge is 0.494 e. The average molecular weight is 334 g/mol. The van der Waals surface area contributed by atoms with E-state index < -0.39 is 5.60 Å². The number of amides is 2. The van der Waals surface area contributed by atoms with Crippen molar-refractivity contribution in [2.45, 2.75) is 25.9 Å². The molecule has 0 aliphatic rings. The van der Waals surface area contributed by atoms with E-state index in [1.54, 1.807) is 19.1 Å². The van der Waals surface area contributed by atoms with E-state index >= 15 is 0 Å². The molecule has 124 valence electrons. The first kappa shape index (κ1) is 17.3. The van der Waals surface area contributed by atoms with E-state index in [4.69, 9.17) is 4.74 Å². The summed E-state index contributed by atoms with van der Waals surface area (Å²) >= 11 is 1.46. The number of carbonyl (C=O) groups is 1. The molecule has 1 aromatic heterocycles. The van der Waals surface area contributed by atoms with Crippen LogP contribution in [0.1, 0.15) is 25.1 Å². The molecule has 0 saturated heterocycles. The Hall–Kier alpha value is -2.05. The summed E-state index contributed by atoms with van der Waals surface area (Å²) in [6.45, 7) is 4.48. The van der Waals surface area contributed by atoms with Gasteiger partial charge in [-0.3, -0.25) is 0 Å². The van der Waals surface area contributed by atoms with Crippen molar-refractivity contribution in [1.29, 1.82) is 0 Å². The van der Waals surface area contributed by atoms with Crippen LogP contribution in [-0.4, -0.2) is 24.3 Å². The highest BCUT2D eigenvalue weighted by Crippen LogP contribution is 2.24. The van der Waals surface area contributed by atoms with Crippen LogP contribution < -0.4 is 15.4 Å². The molecule has 6 heteroatoms. The smallest absolute Gasteiger partial charge is 0.319 e. The van der Waals surface area contributed by atoms with Crippen LogP contribution >= 0.6 is 11.3 Å². The Bertz CT molecular complexity index is 627. The molecule has 0 aliphatic carbocycles. The third-order valence-corrected chi connectivity index (χ3v) is 4.33. The number of carbonyl (C=O) groups excluding carboxylic acids is 1. The minimum Gasteiger partial charge on any atom is -0.494 e. The maximum absolute atomic E-state index is 12.0. The SMILES string of the molecule is CCCOc1cccc(NC(=O)NCC(C)(O)c2cccs2)c1. The fourth-order valence-corrected chi connectivity index (χ4v) is 2.77. The predicted octanol–water partition coefficient (Wildman–Crippen LogP) is 3.57. The van der Waals surface area contributed by atoms with Gasteiger partial charge in [0.1, 0.15) is 11.4 Å². The topological polar surface area (TPSA) is 70.6 Å². The molecule has 5 nitrogen and oxygen atoms in total. The summed E-state index contributed by atoms with van der Waals surface area (Å²) in [4.78, 5) is 12.8. The maximum atomic E-state index is 12.0. The van der Waals surface area contributed by atoms with Crippen LogP contribution in [0.25, 0.3) is 0 Å². The zero-order chi connectivity index (χ0) is 16.7. The monoisotopic (exact) mass is 334 g/mol. The second-order valence-electron chi connectivity index (χ2n) is 5.44. The molecule has 2 aromatic rings. The lowest BCUT2D eigenvalue weighted by molar-refractivity contribution is 0.0637. The summed E-state index contributed by atoms with van der Waals surface area (Å²) in [6, 6.07) is 10.6. The van der Waals surface area contributed by atoms with Gasteiger partial charge in [-0.05, 0) is 36.9 Å². The van der Waals surface area contributed by atoms with Crippen LogP contribution in [0.4, 0.5) is 10.5 Å². The second-order valence-corrected chi connectivity index (χ2v) is 6.38. The van der Waals surface area contributed by atoms with Gasteiger partial charge in [0.25, 0.3) is 0 Å². The highest BCUT2D eigenvalue weighted by molar-refractivity contribution is 7.10. The second kappa shape index (κ2) is 7.99. The molecule has 1 aromatic carbocycles. The van der Waals surface area contributed by atoms with Crippen LogP contribution in [0.5, 0.6) is 5.75 Å². The summed E-state index contributed by atoms with van der Waals surface area (Å²) in [6.07, 6.45) is 0.927. The molecule has 0 radical (unpaired) electrons. The maximum Gasteiger partial charge on any atom is 0.319 e. The number of urea groups is 1. The van der Waals surface area contributed by atoms with Crippen molar-refractivity contribution in [3.63, 3.8) is 0 Å². The van der Waals surface area contributed by atoms with E-state index in [2.05, 4.69) is 10.6 Å². The van der Waals surface area contributed by atoms with Crippen molar-refractivity contribution in [3.05, 3.63) is 46.7 Å². The number of rotatable bonds is 7. The van der Waals surface area contributed by atoms with E-state index in [0.29, 0.717) is 12.3 Å². The molecule has 0 saturated carbocycles. The van der Waals surface area contributed by atoms with Crippen LogP contribution in [-0.2, 0) is 5.60 Å².